The van der Waals surface area contributed by atoms with Crippen molar-refractivity contribution in [1.82, 2.24) is 9.29 Å². The Kier molecular flexibility index (Phi) is 6.63. The van der Waals surface area contributed by atoms with Gasteiger partial charge in [-0.05, 0) is 36.6 Å². The molecule has 2 aromatic rings. The number of alkyl halides is 3. The zero-order valence-electron chi connectivity index (χ0n) is 16.0. The number of rotatable bonds is 6. The van der Waals surface area contributed by atoms with Crippen LogP contribution in [0.4, 0.5) is 13.2 Å². The van der Waals surface area contributed by atoms with Gasteiger partial charge < -0.3 is 4.74 Å². The Morgan fingerprint density at radius 2 is 1.97 bits per heavy atom. The lowest BCUT2D eigenvalue weighted by atomic mass is 10.0. The van der Waals surface area contributed by atoms with Crippen molar-refractivity contribution >= 4 is 10.0 Å². The number of ether oxygens (including phenoxy) is 1. The first kappa shape index (κ1) is 22.1. The zero-order valence-corrected chi connectivity index (χ0v) is 16.8. The highest BCUT2D eigenvalue weighted by Crippen LogP contribution is 2.29. The van der Waals surface area contributed by atoms with Crippen molar-refractivity contribution in [2.24, 2.45) is 5.92 Å². The molecule has 6 nitrogen and oxygen atoms in total. The van der Waals surface area contributed by atoms with Gasteiger partial charge in [0, 0.05) is 31.3 Å². The molecule has 1 atom stereocenters. The molecule has 3 rings (SSSR count). The Hall–Kier alpha value is -2.64. The van der Waals surface area contributed by atoms with Crippen LogP contribution >= 0.6 is 0 Å². The van der Waals surface area contributed by atoms with E-state index in [4.69, 9.17) is 10.00 Å². The Bertz CT molecular complexity index is 1020. The zero-order chi connectivity index (χ0) is 21.8. The van der Waals surface area contributed by atoms with Crippen LogP contribution in [0.3, 0.4) is 0 Å². The Balaban J connectivity index is 1.60. The highest BCUT2D eigenvalue weighted by Gasteiger charge is 2.31. The van der Waals surface area contributed by atoms with Crippen LogP contribution in [-0.2, 0) is 22.0 Å². The maximum absolute atomic E-state index is 12.8. The first-order chi connectivity index (χ1) is 14.2. The molecule has 0 saturated carbocycles. The number of aromatic nitrogens is 1. The largest absolute Gasteiger partial charge is 0.477 e. The minimum absolute atomic E-state index is 0.0475. The maximum atomic E-state index is 12.8. The molecule has 0 bridgehead atoms. The van der Waals surface area contributed by atoms with Crippen molar-refractivity contribution in [1.29, 1.82) is 5.26 Å². The average molecular weight is 439 g/mol. The monoisotopic (exact) mass is 439 g/mol. The number of nitrogens with zero attached hydrogens (tertiary/aromatic N) is 3. The van der Waals surface area contributed by atoms with Gasteiger partial charge in [0.2, 0.25) is 15.9 Å². The van der Waals surface area contributed by atoms with Gasteiger partial charge in [0.25, 0.3) is 0 Å². The second-order valence-corrected chi connectivity index (χ2v) is 9.09. The van der Waals surface area contributed by atoms with E-state index >= 15 is 0 Å². The Morgan fingerprint density at radius 1 is 1.23 bits per heavy atom. The topological polar surface area (TPSA) is 83.3 Å². The quantitative estimate of drug-likeness (QED) is 0.687. The summed E-state index contributed by atoms with van der Waals surface area (Å²) in [5.74, 6) is -0.0998. The first-order valence-corrected chi connectivity index (χ1v) is 10.9. The van der Waals surface area contributed by atoms with E-state index in [0.717, 1.165) is 18.6 Å². The van der Waals surface area contributed by atoms with Gasteiger partial charge in [-0.1, -0.05) is 12.1 Å². The van der Waals surface area contributed by atoms with Crippen molar-refractivity contribution in [3.8, 4) is 11.9 Å². The summed E-state index contributed by atoms with van der Waals surface area (Å²) in [6, 6.07) is 9.24. The molecule has 0 aliphatic carbocycles. The maximum Gasteiger partial charge on any atom is 0.416 e. The van der Waals surface area contributed by atoms with Gasteiger partial charge in [-0.3, -0.25) is 0 Å². The second kappa shape index (κ2) is 9.02. The molecule has 1 aliphatic rings. The number of sulfonamides is 1. The lowest BCUT2D eigenvalue weighted by Gasteiger charge is -2.31. The van der Waals surface area contributed by atoms with Crippen LogP contribution in [0.1, 0.15) is 29.5 Å². The number of nitriles is 1. The average Bonchev–Trinajstić information content (AvgIpc) is 2.72. The van der Waals surface area contributed by atoms with Gasteiger partial charge in [-0.25, -0.2) is 17.7 Å². The third-order valence-electron chi connectivity index (χ3n) is 4.84. The van der Waals surface area contributed by atoms with E-state index in [1.807, 2.05) is 6.07 Å². The summed E-state index contributed by atoms with van der Waals surface area (Å²) in [6.45, 7) is 0.886. The number of hydrogen-bond acceptors (Lipinski definition) is 5. The normalized spacial score (nSPS) is 18.0. The highest BCUT2D eigenvalue weighted by atomic mass is 32.2. The molecule has 0 radical (unpaired) electrons. The molecule has 1 aromatic carbocycles. The van der Waals surface area contributed by atoms with Crippen LogP contribution in [0.15, 0.2) is 42.6 Å². The molecule has 0 spiro atoms. The molecule has 2 heterocycles. The van der Waals surface area contributed by atoms with Crippen LogP contribution in [0.2, 0.25) is 0 Å². The van der Waals surface area contributed by atoms with Gasteiger partial charge in [0.15, 0.2) is 0 Å². The van der Waals surface area contributed by atoms with Crippen LogP contribution < -0.4 is 4.74 Å². The summed E-state index contributed by atoms with van der Waals surface area (Å²) < 4.78 is 70.5. The molecule has 1 saturated heterocycles. The predicted molar refractivity (Wildman–Crippen MR) is 103 cm³/mol. The molecule has 1 aromatic heterocycles. The first-order valence-electron chi connectivity index (χ1n) is 9.30. The summed E-state index contributed by atoms with van der Waals surface area (Å²) in [7, 11) is -3.67. The third kappa shape index (κ3) is 5.70. The fraction of sp³-hybridized carbons (Fsp3) is 0.400. The molecule has 30 heavy (non-hydrogen) atoms. The van der Waals surface area contributed by atoms with Gasteiger partial charge in [-0.2, -0.15) is 18.4 Å². The van der Waals surface area contributed by atoms with E-state index in [0.29, 0.717) is 30.0 Å². The predicted octanol–water partition coefficient (Wildman–Crippen LogP) is 3.59. The summed E-state index contributed by atoms with van der Waals surface area (Å²) in [6.07, 6.45) is -1.55. The van der Waals surface area contributed by atoms with Gasteiger partial charge in [0.05, 0.1) is 29.6 Å². The highest BCUT2D eigenvalue weighted by molar-refractivity contribution is 7.88. The third-order valence-corrected chi connectivity index (χ3v) is 6.65. The molecule has 0 amide bonds. The lowest BCUT2D eigenvalue weighted by molar-refractivity contribution is -0.137. The van der Waals surface area contributed by atoms with Crippen molar-refractivity contribution in [2.75, 3.05) is 19.7 Å². The van der Waals surface area contributed by atoms with Crippen LogP contribution in [-0.4, -0.2) is 37.4 Å². The molecule has 1 unspecified atom stereocenters. The Labute approximate surface area is 173 Å². The SMILES string of the molecule is N#Cc1ccnc(OCC2CCCN(S(=O)(=O)Cc3ccc(C(F)(F)F)cc3)C2)c1. The minimum Gasteiger partial charge on any atom is -0.477 e. The van der Waals surface area contributed by atoms with Crippen molar-refractivity contribution in [3.05, 3.63) is 59.3 Å². The van der Waals surface area contributed by atoms with E-state index in [2.05, 4.69) is 4.98 Å². The van der Waals surface area contributed by atoms with E-state index in [1.165, 1.54) is 28.7 Å². The molecule has 1 aliphatic heterocycles. The minimum atomic E-state index is -4.46. The van der Waals surface area contributed by atoms with Crippen molar-refractivity contribution in [3.63, 3.8) is 0 Å². The fourth-order valence-electron chi connectivity index (χ4n) is 3.27. The molecule has 10 heteroatoms. The summed E-state index contributed by atoms with van der Waals surface area (Å²) in [5, 5.41) is 8.92. The van der Waals surface area contributed by atoms with Gasteiger partial charge in [-0.15, -0.1) is 0 Å². The summed E-state index contributed by atoms with van der Waals surface area (Å²) >= 11 is 0. The molecular weight excluding hydrogens is 419 g/mol. The van der Waals surface area contributed by atoms with Crippen LogP contribution in [0.25, 0.3) is 0 Å². The van der Waals surface area contributed by atoms with Gasteiger partial charge >= 0.3 is 6.18 Å². The smallest absolute Gasteiger partial charge is 0.416 e. The van der Waals surface area contributed by atoms with Crippen molar-refractivity contribution in [2.45, 2.75) is 24.8 Å². The summed E-state index contributed by atoms with van der Waals surface area (Å²) in [4.78, 5) is 4.03. The van der Waals surface area contributed by atoms with E-state index < -0.39 is 21.8 Å². The van der Waals surface area contributed by atoms with E-state index in [9.17, 15) is 21.6 Å². The molecule has 1 fully saturated rings. The molecular formula is C20H20F3N3O3S. The van der Waals surface area contributed by atoms with Crippen molar-refractivity contribution < 1.29 is 26.3 Å². The summed E-state index contributed by atoms with van der Waals surface area (Å²) in [5.41, 5.74) is -0.0869. The Morgan fingerprint density at radius 3 is 2.63 bits per heavy atom. The van der Waals surface area contributed by atoms with Crippen LogP contribution in [0.5, 0.6) is 5.88 Å². The fourth-order valence-corrected chi connectivity index (χ4v) is 4.91. The van der Waals surface area contributed by atoms with Gasteiger partial charge in [0.1, 0.15) is 0 Å². The number of halogens is 3. The number of hydrogen-bond donors (Lipinski definition) is 0. The standard InChI is InChI=1S/C20H20F3N3O3S/c21-20(22,23)18-5-3-15(4-6-18)14-30(27,28)26-9-1-2-17(12-26)13-29-19-10-16(11-24)7-8-25-19/h3-8,10,17H,1-2,9,12-14H2. The van der Waals surface area contributed by atoms with E-state index in [1.54, 1.807) is 6.07 Å². The van der Waals surface area contributed by atoms with Crippen LogP contribution in [0, 0.1) is 17.2 Å². The number of piperidine rings is 1. The van der Waals surface area contributed by atoms with E-state index in [-0.39, 0.29) is 24.8 Å². The molecule has 160 valence electrons. The number of benzene rings is 1. The molecule has 0 N–H and O–H groups in total. The second-order valence-electron chi connectivity index (χ2n) is 7.12. The lowest BCUT2D eigenvalue weighted by Crippen LogP contribution is -2.42. The number of pyridine rings is 1.